The van der Waals surface area contributed by atoms with Gasteiger partial charge in [-0.3, -0.25) is 15.5 Å². The summed E-state index contributed by atoms with van der Waals surface area (Å²) < 4.78 is 38.7. The minimum absolute atomic E-state index is 0.0128. The van der Waals surface area contributed by atoms with Gasteiger partial charge in [0.15, 0.2) is 0 Å². The fourth-order valence-corrected chi connectivity index (χ4v) is 4.29. The van der Waals surface area contributed by atoms with Crippen molar-refractivity contribution >= 4 is 34.0 Å². The van der Waals surface area contributed by atoms with Crippen LogP contribution in [-0.2, 0) is 30.8 Å². The van der Waals surface area contributed by atoms with E-state index >= 15 is 0 Å². The lowest BCUT2D eigenvalue weighted by molar-refractivity contribution is -0.141. The topological polar surface area (TPSA) is 178 Å². The van der Waals surface area contributed by atoms with Crippen molar-refractivity contribution in [3.63, 3.8) is 0 Å². The van der Waals surface area contributed by atoms with Crippen molar-refractivity contribution in [2.75, 3.05) is 20.3 Å². The standard InChI is InChI=1S/C27H28N4O8S/c1-18(32)37-14-15-38-26(33)30-25(28)21-7-5-6-19(16-21)17-31(2)27(34)39-22-12-10-20(11-13-22)23-8-3-4-9-24(23)40(29,35)36/h3-13,16H,14-15,17H2,1-2H3,(H2,28,30,33)(H2,29,35,36). The zero-order valence-electron chi connectivity index (χ0n) is 21.7. The molecule has 0 aliphatic heterocycles. The molecular formula is C27H28N4O8S. The SMILES string of the molecule is CC(=O)OCCOC(=O)NC(=N)c1cccc(CN(C)C(=O)Oc2ccc(-c3ccccc3S(N)(=O)=O)cc2)c1. The van der Waals surface area contributed by atoms with Gasteiger partial charge >= 0.3 is 18.2 Å². The van der Waals surface area contributed by atoms with E-state index in [2.05, 4.69) is 10.1 Å². The summed E-state index contributed by atoms with van der Waals surface area (Å²) in [6, 6.07) is 19.3. The molecule has 3 aromatic rings. The molecule has 0 radical (unpaired) electrons. The number of benzene rings is 3. The van der Waals surface area contributed by atoms with Gasteiger partial charge in [-0.25, -0.2) is 23.1 Å². The van der Waals surface area contributed by atoms with Crippen molar-refractivity contribution in [3.8, 4) is 16.9 Å². The molecule has 40 heavy (non-hydrogen) atoms. The summed E-state index contributed by atoms with van der Waals surface area (Å²) in [5.74, 6) is -0.460. The number of rotatable bonds is 9. The summed E-state index contributed by atoms with van der Waals surface area (Å²) in [7, 11) is -2.38. The van der Waals surface area contributed by atoms with Crippen molar-refractivity contribution in [2.24, 2.45) is 5.14 Å². The zero-order valence-corrected chi connectivity index (χ0v) is 22.6. The third-order valence-corrected chi connectivity index (χ3v) is 6.33. The van der Waals surface area contributed by atoms with Gasteiger partial charge in [0.25, 0.3) is 0 Å². The van der Waals surface area contributed by atoms with Crippen molar-refractivity contribution < 1.29 is 37.0 Å². The number of hydrogen-bond donors (Lipinski definition) is 3. The number of carbonyl (C=O) groups is 3. The molecule has 0 bridgehead atoms. The molecule has 0 atom stereocenters. The highest BCUT2D eigenvalue weighted by atomic mass is 32.2. The Balaban J connectivity index is 1.57. The number of nitrogens with one attached hydrogen (secondary N) is 2. The number of nitrogens with zero attached hydrogens (tertiary/aromatic N) is 1. The molecule has 0 aliphatic rings. The van der Waals surface area contributed by atoms with E-state index in [-0.39, 0.29) is 36.2 Å². The molecule has 0 spiro atoms. The maximum absolute atomic E-state index is 12.6. The van der Waals surface area contributed by atoms with Crippen LogP contribution in [0.1, 0.15) is 18.1 Å². The Bertz CT molecular complexity index is 1510. The smallest absolute Gasteiger partial charge is 0.415 e. The molecule has 0 fully saturated rings. The van der Waals surface area contributed by atoms with E-state index in [9.17, 15) is 22.8 Å². The maximum atomic E-state index is 12.6. The highest BCUT2D eigenvalue weighted by Crippen LogP contribution is 2.28. The molecular weight excluding hydrogens is 540 g/mol. The molecule has 0 heterocycles. The predicted molar refractivity (Wildman–Crippen MR) is 145 cm³/mol. The van der Waals surface area contributed by atoms with Crippen LogP contribution in [0, 0.1) is 5.41 Å². The molecule has 2 amide bonds. The zero-order chi connectivity index (χ0) is 29.3. The average molecular weight is 569 g/mol. The third kappa shape index (κ3) is 8.64. The molecule has 3 aromatic carbocycles. The van der Waals surface area contributed by atoms with E-state index in [4.69, 9.17) is 20.0 Å². The minimum Gasteiger partial charge on any atom is -0.462 e. The summed E-state index contributed by atoms with van der Waals surface area (Å²) in [5, 5.41) is 15.7. The second-order valence-electron chi connectivity index (χ2n) is 8.47. The van der Waals surface area contributed by atoms with Crippen LogP contribution in [0.25, 0.3) is 11.1 Å². The Morgan fingerprint density at radius 2 is 1.62 bits per heavy atom. The van der Waals surface area contributed by atoms with E-state index in [1.165, 1.54) is 24.9 Å². The fraction of sp³-hybridized carbons (Fsp3) is 0.185. The summed E-state index contributed by atoms with van der Waals surface area (Å²) in [4.78, 5) is 36.5. The number of nitrogens with two attached hydrogens (primary N) is 1. The van der Waals surface area contributed by atoms with Gasteiger partial charge in [-0.05, 0) is 35.4 Å². The van der Waals surface area contributed by atoms with Gasteiger partial charge in [-0.1, -0.05) is 48.5 Å². The number of amides is 2. The Labute approximate surface area is 231 Å². The molecule has 0 aromatic heterocycles. The van der Waals surface area contributed by atoms with Gasteiger partial charge < -0.3 is 19.1 Å². The highest BCUT2D eigenvalue weighted by molar-refractivity contribution is 7.89. The van der Waals surface area contributed by atoms with Crippen LogP contribution < -0.4 is 15.2 Å². The lowest BCUT2D eigenvalue weighted by Crippen LogP contribution is -2.32. The van der Waals surface area contributed by atoms with Gasteiger partial charge in [-0.2, -0.15) is 0 Å². The molecule has 12 nitrogen and oxygen atoms in total. The molecule has 0 unspecified atom stereocenters. The van der Waals surface area contributed by atoms with Crippen molar-refractivity contribution in [1.82, 2.24) is 10.2 Å². The fourth-order valence-electron chi connectivity index (χ4n) is 3.53. The molecule has 210 valence electrons. The first-order chi connectivity index (χ1) is 18.9. The molecule has 0 aliphatic carbocycles. The van der Waals surface area contributed by atoms with Crippen LogP contribution in [-0.4, -0.2) is 57.6 Å². The Kier molecular flexibility index (Phi) is 9.95. The van der Waals surface area contributed by atoms with E-state index in [1.54, 1.807) is 66.7 Å². The lowest BCUT2D eigenvalue weighted by atomic mass is 10.1. The van der Waals surface area contributed by atoms with Crippen molar-refractivity contribution in [1.29, 1.82) is 5.41 Å². The summed E-state index contributed by atoms with van der Waals surface area (Å²) in [6.45, 7) is 1.13. The van der Waals surface area contributed by atoms with Gasteiger partial charge in [0.2, 0.25) is 10.0 Å². The largest absolute Gasteiger partial charge is 0.462 e. The van der Waals surface area contributed by atoms with Crippen LogP contribution in [0.4, 0.5) is 9.59 Å². The van der Waals surface area contributed by atoms with Gasteiger partial charge in [-0.15, -0.1) is 0 Å². The van der Waals surface area contributed by atoms with E-state index in [1.807, 2.05) is 0 Å². The molecule has 4 N–H and O–H groups in total. The third-order valence-electron chi connectivity index (χ3n) is 5.36. The number of ether oxygens (including phenoxy) is 3. The van der Waals surface area contributed by atoms with E-state index in [0.29, 0.717) is 22.3 Å². The summed E-state index contributed by atoms with van der Waals surface area (Å²) in [6.07, 6.45) is -1.52. The molecule has 0 saturated carbocycles. The number of primary sulfonamides is 1. The van der Waals surface area contributed by atoms with Crippen LogP contribution in [0.3, 0.4) is 0 Å². The number of hydrogen-bond acceptors (Lipinski definition) is 9. The molecule has 3 rings (SSSR count). The van der Waals surface area contributed by atoms with Gasteiger partial charge in [0, 0.05) is 31.6 Å². The number of alkyl carbamates (subject to hydrolysis) is 1. The second kappa shape index (κ2) is 13.4. The first-order valence-electron chi connectivity index (χ1n) is 11.8. The normalized spacial score (nSPS) is 10.8. The van der Waals surface area contributed by atoms with Gasteiger partial charge in [0.1, 0.15) is 24.8 Å². The van der Waals surface area contributed by atoms with Crippen molar-refractivity contribution in [2.45, 2.75) is 18.4 Å². The lowest BCUT2D eigenvalue weighted by Gasteiger charge is -2.18. The Hall–Kier alpha value is -4.75. The number of sulfonamides is 1. The predicted octanol–water partition coefficient (Wildman–Crippen LogP) is 3.25. The van der Waals surface area contributed by atoms with Crippen LogP contribution in [0.15, 0.2) is 77.7 Å². The van der Waals surface area contributed by atoms with Gasteiger partial charge in [0.05, 0.1) is 4.90 Å². The van der Waals surface area contributed by atoms with Crippen LogP contribution in [0.5, 0.6) is 5.75 Å². The minimum atomic E-state index is -3.92. The Morgan fingerprint density at radius 3 is 2.30 bits per heavy atom. The second-order valence-corrected chi connectivity index (χ2v) is 10.00. The van der Waals surface area contributed by atoms with Crippen LogP contribution >= 0.6 is 0 Å². The number of esters is 1. The maximum Gasteiger partial charge on any atom is 0.415 e. The first kappa shape index (κ1) is 29.8. The van der Waals surface area contributed by atoms with E-state index in [0.717, 1.165) is 0 Å². The first-order valence-corrected chi connectivity index (χ1v) is 13.4. The number of carbonyl (C=O) groups excluding carboxylic acids is 3. The average Bonchev–Trinajstić information content (AvgIpc) is 2.91. The van der Waals surface area contributed by atoms with Crippen molar-refractivity contribution in [3.05, 3.63) is 83.9 Å². The molecule has 13 heteroatoms. The van der Waals surface area contributed by atoms with Crippen LogP contribution in [0.2, 0.25) is 0 Å². The number of amidine groups is 1. The van der Waals surface area contributed by atoms with E-state index < -0.39 is 28.2 Å². The summed E-state index contributed by atoms with van der Waals surface area (Å²) in [5.41, 5.74) is 2.06. The quantitative estimate of drug-likeness (QED) is 0.152. The highest BCUT2D eigenvalue weighted by Gasteiger charge is 2.16. The monoisotopic (exact) mass is 568 g/mol. The molecule has 0 saturated heterocycles. The summed E-state index contributed by atoms with van der Waals surface area (Å²) >= 11 is 0. The Morgan fingerprint density at radius 1 is 0.950 bits per heavy atom.